The van der Waals surface area contributed by atoms with Crippen LogP contribution in [-0.4, -0.2) is 73.5 Å². The van der Waals surface area contributed by atoms with Crippen molar-refractivity contribution in [3.63, 3.8) is 0 Å². The Morgan fingerprint density at radius 3 is 2.63 bits per heavy atom. The molecule has 0 aromatic carbocycles. The predicted octanol–water partition coefficient (Wildman–Crippen LogP) is 0.190. The summed E-state index contributed by atoms with van der Waals surface area (Å²) in [5.74, 6) is -0.0933. The molecule has 1 aliphatic heterocycles. The molecular formula is C19H38N4O4. The second-order valence-electron chi connectivity index (χ2n) is 7.77. The van der Waals surface area contributed by atoms with Gasteiger partial charge in [0.05, 0.1) is 12.1 Å². The molecule has 158 valence electrons. The lowest BCUT2D eigenvalue weighted by molar-refractivity contribution is -0.142. The summed E-state index contributed by atoms with van der Waals surface area (Å²) in [7, 11) is 3.30. The van der Waals surface area contributed by atoms with E-state index in [1.807, 2.05) is 20.9 Å². The number of nitrogens with zero attached hydrogens (tertiary/aromatic N) is 1. The molecule has 1 unspecified atom stereocenters. The molecule has 0 radical (unpaired) electrons. The molecule has 8 nitrogen and oxygen atoms in total. The molecule has 5 N–H and O–H groups in total. The van der Waals surface area contributed by atoms with Crippen LogP contribution in [0.2, 0.25) is 0 Å². The van der Waals surface area contributed by atoms with Crippen LogP contribution in [0.15, 0.2) is 0 Å². The number of nitrogens with two attached hydrogens (primary N) is 1. The summed E-state index contributed by atoms with van der Waals surface area (Å²) in [6.45, 7) is 5.46. The lowest BCUT2D eigenvalue weighted by Gasteiger charge is -2.30. The number of carbonyl (C=O) groups is 2. The van der Waals surface area contributed by atoms with Gasteiger partial charge in [-0.15, -0.1) is 0 Å². The maximum atomic E-state index is 12.8. The SMILES string of the molecule is CNCCCC[C@H](NC(=O)[C@@H]1CCCN1C(=O)[C@@H](N)CC(C)C)C(O)OC. The highest BCUT2D eigenvalue weighted by Gasteiger charge is 2.37. The van der Waals surface area contributed by atoms with Gasteiger partial charge in [0.1, 0.15) is 6.04 Å². The topological polar surface area (TPSA) is 117 Å². The molecule has 2 amide bonds. The van der Waals surface area contributed by atoms with Crippen LogP contribution >= 0.6 is 0 Å². The number of hydrogen-bond donors (Lipinski definition) is 4. The number of aliphatic hydroxyl groups excluding tert-OH is 1. The highest BCUT2D eigenvalue weighted by molar-refractivity contribution is 5.90. The van der Waals surface area contributed by atoms with Crippen LogP contribution in [0.25, 0.3) is 0 Å². The number of nitrogens with one attached hydrogen (secondary N) is 2. The summed E-state index contributed by atoms with van der Waals surface area (Å²) in [4.78, 5) is 27.1. The summed E-state index contributed by atoms with van der Waals surface area (Å²) >= 11 is 0. The second kappa shape index (κ2) is 12.3. The van der Waals surface area contributed by atoms with Gasteiger partial charge in [-0.2, -0.15) is 0 Å². The standard InChI is InChI=1S/C19H38N4O4/c1-13(2)12-14(20)18(25)23-11-7-9-16(23)17(24)22-15(19(26)27-4)8-5-6-10-21-3/h13-16,19,21,26H,5-12,20H2,1-4H3,(H,22,24)/t14-,15-,16-,19?/m0/s1. The lowest BCUT2D eigenvalue weighted by atomic mass is 10.0. The number of aliphatic hydroxyl groups is 1. The van der Waals surface area contributed by atoms with Gasteiger partial charge in [0, 0.05) is 13.7 Å². The molecule has 1 saturated heterocycles. The third-order valence-corrected chi connectivity index (χ3v) is 4.99. The molecule has 8 heteroatoms. The fraction of sp³-hybridized carbons (Fsp3) is 0.895. The molecule has 0 saturated carbocycles. The zero-order chi connectivity index (χ0) is 20.4. The van der Waals surface area contributed by atoms with Crippen molar-refractivity contribution in [2.45, 2.75) is 76.8 Å². The summed E-state index contributed by atoms with van der Waals surface area (Å²) < 4.78 is 5.01. The smallest absolute Gasteiger partial charge is 0.243 e. The Kier molecular flexibility index (Phi) is 10.8. The number of carbonyl (C=O) groups excluding carboxylic acids is 2. The van der Waals surface area contributed by atoms with Gasteiger partial charge in [-0.05, 0) is 58.0 Å². The number of hydrogen-bond acceptors (Lipinski definition) is 6. The molecule has 1 heterocycles. The molecule has 0 bridgehead atoms. The van der Waals surface area contributed by atoms with Crippen molar-refractivity contribution in [1.82, 2.24) is 15.5 Å². The van der Waals surface area contributed by atoms with Crippen LogP contribution in [0.3, 0.4) is 0 Å². The molecular weight excluding hydrogens is 348 g/mol. The van der Waals surface area contributed by atoms with Gasteiger partial charge in [0.25, 0.3) is 0 Å². The number of unbranched alkanes of at least 4 members (excludes halogenated alkanes) is 1. The first-order valence-corrected chi connectivity index (χ1v) is 10.0. The van der Waals surface area contributed by atoms with E-state index in [1.165, 1.54) is 7.11 Å². The van der Waals surface area contributed by atoms with E-state index < -0.39 is 24.4 Å². The second-order valence-corrected chi connectivity index (χ2v) is 7.77. The summed E-state index contributed by atoms with van der Waals surface area (Å²) in [6, 6.07) is -1.61. The number of likely N-dealkylation sites (tertiary alicyclic amines) is 1. The Morgan fingerprint density at radius 1 is 1.33 bits per heavy atom. The molecule has 1 fully saturated rings. The zero-order valence-electron chi connectivity index (χ0n) is 17.2. The van der Waals surface area contributed by atoms with Gasteiger partial charge in [0.15, 0.2) is 6.29 Å². The van der Waals surface area contributed by atoms with E-state index in [4.69, 9.17) is 10.5 Å². The Hall–Kier alpha value is -1.22. The van der Waals surface area contributed by atoms with E-state index in [0.717, 1.165) is 25.8 Å². The molecule has 4 atom stereocenters. The van der Waals surface area contributed by atoms with Gasteiger partial charge in [-0.25, -0.2) is 0 Å². The first-order valence-electron chi connectivity index (χ1n) is 10.0. The largest absolute Gasteiger partial charge is 0.366 e. The van der Waals surface area contributed by atoms with E-state index in [9.17, 15) is 14.7 Å². The number of rotatable bonds is 12. The Morgan fingerprint density at radius 2 is 2.04 bits per heavy atom. The normalized spacial score (nSPS) is 20.6. The monoisotopic (exact) mass is 386 g/mol. The van der Waals surface area contributed by atoms with Gasteiger partial charge < -0.3 is 31.1 Å². The quantitative estimate of drug-likeness (QED) is 0.281. The van der Waals surface area contributed by atoms with Crippen molar-refractivity contribution in [2.75, 3.05) is 27.2 Å². The zero-order valence-corrected chi connectivity index (χ0v) is 17.2. The van der Waals surface area contributed by atoms with Crippen molar-refractivity contribution in [3.8, 4) is 0 Å². The number of ether oxygens (including phenoxy) is 1. The van der Waals surface area contributed by atoms with Crippen LogP contribution in [0.5, 0.6) is 0 Å². The van der Waals surface area contributed by atoms with Crippen LogP contribution < -0.4 is 16.4 Å². The fourth-order valence-corrected chi connectivity index (χ4v) is 3.52. The minimum atomic E-state index is -1.07. The molecule has 0 aromatic rings. The van der Waals surface area contributed by atoms with Gasteiger partial charge in [-0.1, -0.05) is 13.8 Å². The maximum absolute atomic E-state index is 12.8. The number of methoxy groups -OCH3 is 1. The van der Waals surface area contributed by atoms with Crippen molar-refractivity contribution in [2.24, 2.45) is 11.7 Å². The average Bonchev–Trinajstić information content (AvgIpc) is 3.12. The summed E-state index contributed by atoms with van der Waals surface area (Å²) in [6.07, 6.45) is 3.31. The third-order valence-electron chi connectivity index (χ3n) is 4.99. The van der Waals surface area contributed by atoms with Crippen molar-refractivity contribution in [3.05, 3.63) is 0 Å². The lowest BCUT2D eigenvalue weighted by Crippen LogP contribution is -2.54. The van der Waals surface area contributed by atoms with Gasteiger partial charge in [-0.3, -0.25) is 9.59 Å². The molecule has 0 spiro atoms. The highest BCUT2D eigenvalue weighted by Crippen LogP contribution is 2.20. The predicted molar refractivity (Wildman–Crippen MR) is 105 cm³/mol. The van der Waals surface area contributed by atoms with Crippen LogP contribution in [0.4, 0.5) is 0 Å². The van der Waals surface area contributed by atoms with Crippen LogP contribution in [0, 0.1) is 5.92 Å². The van der Waals surface area contributed by atoms with Crippen LogP contribution in [-0.2, 0) is 14.3 Å². The minimum absolute atomic E-state index is 0.167. The van der Waals surface area contributed by atoms with Gasteiger partial charge in [0.2, 0.25) is 11.8 Å². The minimum Gasteiger partial charge on any atom is -0.366 e. The molecule has 0 aromatic heterocycles. The molecule has 0 aliphatic carbocycles. The van der Waals surface area contributed by atoms with Gasteiger partial charge >= 0.3 is 0 Å². The molecule has 1 aliphatic rings. The highest BCUT2D eigenvalue weighted by atomic mass is 16.6. The molecule has 1 rings (SSSR count). The van der Waals surface area contributed by atoms with Crippen molar-refractivity contribution in [1.29, 1.82) is 0 Å². The van der Waals surface area contributed by atoms with E-state index in [-0.39, 0.29) is 11.8 Å². The third kappa shape index (κ3) is 7.73. The average molecular weight is 387 g/mol. The van der Waals surface area contributed by atoms with Crippen LogP contribution in [0.1, 0.15) is 52.4 Å². The van der Waals surface area contributed by atoms with E-state index in [0.29, 0.717) is 31.7 Å². The summed E-state index contributed by atoms with van der Waals surface area (Å²) in [5.41, 5.74) is 6.04. The Balaban J connectivity index is 2.68. The van der Waals surface area contributed by atoms with Crippen molar-refractivity contribution < 1.29 is 19.4 Å². The Labute approximate surface area is 163 Å². The first-order chi connectivity index (χ1) is 12.8. The van der Waals surface area contributed by atoms with E-state index in [1.54, 1.807) is 4.90 Å². The maximum Gasteiger partial charge on any atom is 0.243 e. The Bertz CT molecular complexity index is 461. The van der Waals surface area contributed by atoms with E-state index >= 15 is 0 Å². The fourth-order valence-electron chi connectivity index (χ4n) is 3.52. The summed E-state index contributed by atoms with van der Waals surface area (Å²) in [5, 5.41) is 16.0. The number of amides is 2. The van der Waals surface area contributed by atoms with E-state index in [2.05, 4.69) is 10.6 Å². The van der Waals surface area contributed by atoms with Crippen molar-refractivity contribution >= 4 is 11.8 Å². The molecule has 27 heavy (non-hydrogen) atoms. The first kappa shape index (κ1) is 23.8.